The van der Waals surface area contributed by atoms with Crippen molar-refractivity contribution in [2.75, 3.05) is 20.8 Å². The van der Waals surface area contributed by atoms with Gasteiger partial charge in [-0.15, -0.1) is 0 Å². The van der Waals surface area contributed by atoms with Gasteiger partial charge in [-0.05, 0) is 53.4 Å². The first kappa shape index (κ1) is 20.0. The Morgan fingerprint density at radius 2 is 1.17 bits per heavy atom. The van der Waals surface area contributed by atoms with E-state index in [1.165, 1.54) is 11.1 Å². The highest BCUT2D eigenvalue weighted by Gasteiger charge is 2.46. The van der Waals surface area contributed by atoms with Gasteiger partial charge in [0.05, 0.1) is 26.7 Å². The quantitative estimate of drug-likeness (QED) is 0.534. The third-order valence-corrected chi connectivity index (χ3v) is 5.89. The van der Waals surface area contributed by atoms with E-state index in [9.17, 15) is 4.79 Å². The highest BCUT2D eigenvalue weighted by atomic mass is 16.5. The molecule has 3 atom stereocenters. The van der Waals surface area contributed by atoms with Gasteiger partial charge in [0, 0.05) is 11.8 Å². The predicted molar refractivity (Wildman–Crippen MR) is 116 cm³/mol. The van der Waals surface area contributed by atoms with Crippen LogP contribution in [0.3, 0.4) is 0 Å². The van der Waals surface area contributed by atoms with Crippen LogP contribution in [0.15, 0.2) is 72.8 Å². The molecule has 4 heteroatoms. The van der Waals surface area contributed by atoms with Crippen LogP contribution in [0, 0.1) is 5.92 Å². The summed E-state index contributed by atoms with van der Waals surface area (Å²) < 4.78 is 16.2. The normalized spacial score (nSPS) is 19.8. The minimum absolute atomic E-state index is 0.0849. The summed E-state index contributed by atoms with van der Waals surface area (Å²) in [6, 6.07) is 24.3. The molecule has 0 N–H and O–H groups in total. The van der Waals surface area contributed by atoms with E-state index in [0.29, 0.717) is 6.61 Å². The molecule has 0 heterocycles. The number of rotatable bonds is 6. The highest BCUT2D eigenvalue weighted by molar-refractivity contribution is 5.79. The fraction of sp³-hybridized carbons (Fsp3) is 0.269. The lowest BCUT2D eigenvalue weighted by Gasteiger charge is -2.25. The fourth-order valence-electron chi connectivity index (χ4n) is 4.56. The Balaban J connectivity index is 1.86. The lowest BCUT2D eigenvalue weighted by molar-refractivity contribution is -0.148. The Kier molecular flexibility index (Phi) is 5.75. The molecule has 3 aromatic rings. The second-order valence-corrected chi connectivity index (χ2v) is 7.41. The molecule has 0 amide bonds. The minimum Gasteiger partial charge on any atom is -0.497 e. The number of fused-ring (bicyclic) bond motifs is 1. The number of carbonyl (C=O) groups is 1. The molecule has 4 rings (SSSR count). The summed E-state index contributed by atoms with van der Waals surface area (Å²) in [6.45, 7) is 2.21. The van der Waals surface area contributed by atoms with Gasteiger partial charge in [0.25, 0.3) is 0 Å². The summed E-state index contributed by atoms with van der Waals surface area (Å²) in [5, 5.41) is 0. The number of methoxy groups -OCH3 is 2. The van der Waals surface area contributed by atoms with Gasteiger partial charge in [-0.1, -0.05) is 48.5 Å². The van der Waals surface area contributed by atoms with Crippen molar-refractivity contribution < 1.29 is 19.0 Å². The Bertz CT molecular complexity index is 933. The van der Waals surface area contributed by atoms with Crippen LogP contribution in [0.4, 0.5) is 0 Å². The first-order valence-electron chi connectivity index (χ1n) is 10.2. The molecule has 0 bridgehead atoms. The van der Waals surface area contributed by atoms with Gasteiger partial charge < -0.3 is 14.2 Å². The number of ether oxygens (including phenoxy) is 3. The second-order valence-electron chi connectivity index (χ2n) is 7.41. The Hall–Kier alpha value is -3.27. The highest BCUT2D eigenvalue weighted by Crippen LogP contribution is 2.53. The van der Waals surface area contributed by atoms with E-state index < -0.39 is 0 Å². The molecule has 4 nitrogen and oxygen atoms in total. The van der Waals surface area contributed by atoms with Gasteiger partial charge in [0.2, 0.25) is 0 Å². The summed E-state index contributed by atoms with van der Waals surface area (Å²) in [4.78, 5) is 13.3. The standard InChI is InChI=1S/C26H26O4/c1-4-30-26(27)25-23(17-9-13-19(28-2)14-10-17)21-7-5-6-8-22(21)24(25)18-11-15-20(29-3)16-12-18/h5-16,23-25H,4H2,1-3H3/t23-,24+,25?. The maximum Gasteiger partial charge on any atom is 0.310 e. The SMILES string of the molecule is CCOC(=O)C1[C@H](c2ccc(OC)cc2)c2ccccc2[C@@H]1c1ccc(OC)cc1. The van der Waals surface area contributed by atoms with Crippen LogP contribution in [-0.2, 0) is 9.53 Å². The first-order chi connectivity index (χ1) is 14.7. The van der Waals surface area contributed by atoms with E-state index in [0.717, 1.165) is 22.6 Å². The molecule has 3 aromatic carbocycles. The van der Waals surface area contributed by atoms with Gasteiger partial charge in [-0.25, -0.2) is 0 Å². The molecule has 30 heavy (non-hydrogen) atoms. The van der Waals surface area contributed by atoms with Crippen molar-refractivity contribution in [3.8, 4) is 11.5 Å². The fourth-order valence-corrected chi connectivity index (χ4v) is 4.56. The van der Waals surface area contributed by atoms with Gasteiger partial charge in [-0.3, -0.25) is 4.79 Å². The maximum atomic E-state index is 13.3. The zero-order valence-electron chi connectivity index (χ0n) is 17.5. The van der Waals surface area contributed by atoms with E-state index in [1.54, 1.807) is 14.2 Å². The largest absolute Gasteiger partial charge is 0.497 e. The summed E-state index contributed by atoms with van der Waals surface area (Å²) in [5.74, 6) is 0.907. The molecule has 0 saturated carbocycles. The van der Waals surface area contributed by atoms with E-state index in [4.69, 9.17) is 14.2 Å². The van der Waals surface area contributed by atoms with Crippen LogP contribution in [0.25, 0.3) is 0 Å². The monoisotopic (exact) mass is 402 g/mol. The van der Waals surface area contributed by atoms with Gasteiger partial charge >= 0.3 is 5.97 Å². The van der Waals surface area contributed by atoms with E-state index in [-0.39, 0.29) is 23.7 Å². The van der Waals surface area contributed by atoms with Crippen LogP contribution >= 0.6 is 0 Å². The maximum absolute atomic E-state index is 13.3. The second kappa shape index (κ2) is 8.62. The lowest BCUT2D eigenvalue weighted by atomic mass is 9.79. The zero-order valence-corrected chi connectivity index (χ0v) is 17.5. The molecule has 154 valence electrons. The van der Waals surface area contributed by atoms with E-state index >= 15 is 0 Å². The number of carbonyl (C=O) groups excluding carboxylic acids is 1. The molecule has 0 aromatic heterocycles. The molecule has 1 aliphatic rings. The average molecular weight is 402 g/mol. The Morgan fingerprint density at radius 3 is 1.53 bits per heavy atom. The Morgan fingerprint density at radius 1 is 0.733 bits per heavy atom. The van der Waals surface area contributed by atoms with Crippen molar-refractivity contribution in [1.29, 1.82) is 0 Å². The smallest absolute Gasteiger partial charge is 0.310 e. The summed E-state index contributed by atoms with van der Waals surface area (Å²) in [6.07, 6.45) is 0. The number of hydrogen-bond donors (Lipinski definition) is 0. The summed E-state index contributed by atoms with van der Waals surface area (Å²) >= 11 is 0. The molecule has 0 aliphatic heterocycles. The van der Waals surface area contributed by atoms with Crippen molar-refractivity contribution in [2.24, 2.45) is 5.92 Å². The van der Waals surface area contributed by atoms with Crippen LogP contribution in [0.2, 0.25) is 0 Å². The van der Waals surface area contributed by atoms with Crippen molar-refractivity contribution >= 4 is 5.97 Å². The third kappa shape index (κ3) is 3.54. The van der Waals surface area contributed by atoms with E-state index in [2.05, 4.69) is 12.1 Å². The van der Waals surface area contributed by atoms with Crippen molar-refractivity contribution in [2.45, 2.75) is 18.8 Å². The average Bonchev–Trinajstić information content (AvgIpc) is 3.14. The molecular weight excluding hydrogens is 376 g/mol. The summed E-state index contributed by atoms with van der Waals surface area (Å²) in [7, 11) is 3.31. The third-order valence-electron chi connectivity index (χ3n) is 5.89. The van der Waals surface area contributed by atoms with Crippen LogP contribution in [0.5, 0.6) is 11.5 Å². The van der Waals surface area contributed by atoms with Crippen molar-refractivity contribution in [3.05, 3.63) is 95.1 Å². The number of esters is 1. The van der Waals surface area contributed by atoms with Crippen LogP contribution < -0.4 is 9.47 Å². The van der Waals surface area contributed by atoms with Gasteiger partial charge in [-0.2, -0.15) is 0 Å². The zero-order chi connectivity index (χ0) is 21.1. The van der Waals surface area contributed by atoms with Crippen LogP contribution in [0.1, 0.15) is 41.0 Å². The molecule has 1 unspecified atom stereocenters. The number of hydrogen-bond acceptors (Lipinski definition) is 4. The van der Waals surface area contributed by atoms with Gasteiger partial charge in [0.1, 0.15) is 11.5 Å². The Labute approximate surface area is 177 Å². The molecule has 0 fully saturated rings. The van der Waals surface area contributed by atoms with E-state index in [1.807, 2.05) is 67.6 Å². The molecular formula is C26H26O4. The van der Waals surface area contributed by atoms with Crippen LogP contribution in [-0.4, -0.2) is 26.8 Å². The number of benzene rings is 3. The summed E-state index contributed by atoms with van der Waals surface area (Å²) in [5.41, 5.74) is 4.50. The van der Waals surface area contributed by atoms with Gasteiger partial charge in [0.15, 0.2) is 0 Å². The lowest BCUT2D eigenvalue weighted by Crippen LogP contribution is -2.26. The topological polar surface area (TPSA) is 44.8 Å². The molecule has 1 aliphatic carbocycles. The minimum atomic E-state index is -0.343. The molecule has 0 saturated heterocycles. The predicted octanol–water partition coefficient (Wildman–Crippen LogP) is 5.16. The van der Waals surface area contributed by atoms with Crippen molar-refractivity contribution in [1.82, 2.24) is 0 Å². The molecule has 0 spiro atoms. The first-order valence-corrected chi connectivity index (χ1v) is 10.2. The molecule has 0 radical (unpaired) electrons. The van der Waals surface area contributed by atoms with Crippen molar-refractivity contribution in [3.63, 3.8) is 0 Å².